The molecule has 10 heteroatoms. The number of allylic oxidation sites excluding steroid dienone is 1. The van der Waals surface area contributed by atoms with Gasteiger partial charge >= 0.3 is 5.97 Å². The molecule has 49 heavy (non-hydrogen) atoms. The van der Waals surface area contributed by atoms with Gasteiger partial charge in [-0.05, 0) is 35.2 Å². The molecule has 3 amide bonds. The largest absolute Gasteiger partial charge is 0.497 e. The van der Waals surface area contributed by atoms with E-state index >= 15 is 0 Å². The average molecular weight is 662 g/mol. The molecule has 0 aliphatic carbocycles. The lowest BCUT2D eigenvalue weighted by Crippen LogP contribution is -2.54. The number of cyclic esters (lactones) is 1. The zero-order chi connectivity index (χ0) is 34.0. The molecule has 0 bridgehead atoms. The Morgan fingerprint density at radius 1 is 0.857 bits per heavy atom. The summed E-state index contributed by atoms with van der Waals surface area (Å²) in [6, 6.07) is 24.7. The Bertz CT molecular complexity index is 1760. The number of methoxy groups -OCH3 is 1. The van der Waals surface area contributed by atoms with Gasteiger partial charge in [0.25, 0.3) is 0 Å². The number of likely N-dealkylation sites (tertiary alicyclic amines) is 1. The number of hydrogen-bond acceptors (Lipinski definition) is 7. The van der Waals surface area contributed by atoms with Crippen LogP contribution in [0.4, 0.5) is 0 Å². The van der Waals surface area contributed by atoms with Gasteiger partial charge in [0.1, 0.15) is 24.0 Å². The molecule has 4 aliphatic heterocycles. The Morgan fingerprint density at radius 2 is 1.57 bits per heavy atom. The Kier molecular flexibility index (Phi) is 9.05. The van der Waals surface area contributed by atoms with Crippen LogP contribution in [-0.4, -0.2) is 71.5 Å². The maximum absolute atomic E-state index is 14.8. The zero-order valence-corrected chi connectivity index (χ0v) is 27.3. The van der Waals surface area contributed by atoms with E-state index in [-0.39, 0.29) is 37.4 Å². The Labute approximate surface area is 285 Å². The van der Waals surface area contributed by atoms with Crippen molar-refractivity contribution in [2.75, 3.05) is 20.3 Å². The number of nitrogens with one attached hydrogen (secondary N) is 1. The van der Waals surface area contributed by atoms with E-state index in [9.17, 15) is 19.2 Å². The highest BCUT2D eigenvalue weighted by Crippen LogP contribution is 2.53. The fourth-order valence-electron chi connectivity index (χ4n) is 7.53. The summed E-state index contributed by atoms with van der Waals surface area (Å²) in [6.45, 7) is 0.760. The molecular formula is C39H39N3O7. The van der Waals surface area contributed by atoms with Gasteiger partial charge < -0.3 is 29.3 Å². The molecule has 4 heterocycles. The number of hydrogen-bond donors (Lipinski definition) is 1. The Morgan fingerprint density at radius 3 is 2.31 bits per heavy atom. The van der Waals surface area contributed by atoms with E-state index in [4.69, 9.17) is 14.2 Å². The number of esters is 1. The number of benzene rings is 3. The van der Waals surface area contributed by atoms with Crippen molar-refractivity contribution in [3.05, 3.63) is 126 Å². The molecule has 7 rings (SSSR count). The lowest BCUT2D eigenvalue weighted by molar-refractivity contribution is -0.149. The molecule has 4 aliphatic rings. The summed E-state index contributed by atoms with van der Waals surface area (Å²) in [5, 5.41) is 3.08. The number of ether oxygens (including phenoxy) is 3. The zero-order valence-electron chi connectivity index (χ0n) is 27.3. The fraction of sp³-hybridized carbons (Fsp3) is 0.333. The fourth-order valence-corrected chi connectivity index (χ4v) is 7.53. The van der Waals surface area contributed by atoms with Crippen LogP contribution in [-0.2, 0) is 41.7 Å². The van der Waals surface area contributed by atoms with E-state index in [2.05, 4.69) is 5.32 Å². The van der Waals surface area contributed by atoms with Crippen LogP contribution in [0.15, 0.2) is 109 Å². The summed E-state index contributed by atoms with van der Waals surface area (Å²) in [7, 11) is 1.59. The number of carbonyl (C=O) groups excluding carboxylic acids is 4. The average Bonchev–Trinajstić information content (AvgIpc) is 3.51. The van der Waals surface area contributed by atoms with Crippen molar-refractivity contribution >= 4 is 23.7 Å². The molecular weight excluding hydrogens is 622 g/mol. The van der Waals surface area contributed by atoms with E-state index in [1.165, 1.54) is 0 Å². The first kappa shape index (κ1) is 32.3. The summed E-state index contributed by atoms with van der Waals surface area (Å²) < 4.78 is 17.8. The number of carbonyl (C=O) groups is 4. The predicted octanol–water partition coefficient (Wildman–Crippen LogP) is 4.13. The van der Waals surface area contributed by atoms with Gasteiger partial charge in [0.05, 0.1) is 31.1 Å². The molecule has 10 nitrogen and oxygen atoms in total. The molecule has 0 unspecified atom stereocenters. The molecule has 1 N–H and O–H groups in total. The molecule has 2 saturated heterocycles. The Hall–Kier alpha value is -5.22. The van der Waals surface area contributed by atoms with Crippen LogP contribution in [0, 0.1) is 11.8 Å². The molecule has 252 valence electrons. The summed E-state index contributed by atoms with van der Waals surface area (Å²) in [4.78, 5) is 59.9. The van der Waals surface area contributed by atoms with Gasteiger partial charge in [0.15, 0.2) is 0 Å². The molecule has 1 spiro atoms. The van der Waals surface area contributed by atoms with Crippen LogP contribution in [0.1, 0.15) is 35.6 Å². The van der Waals surface area contributed by atoms with Gasteiger partial charge in [0.2, 0.25) is 17.7 Å². The highest BCUT2D eigenvalue weighted by atomic mass is 16.5. The van der Waals surface area contributed by atoms with Gasteiger partial charge in [-0.3, -0.25) is 19.2 Å². The molecule has 0 radical (unpaired) electrons. The van der Waals surface area contributed by atoms with Gasteiger partial charge in [-0.1, -0.05) is 97.1 Å². The summed E-state index contributed by atoms with van der Waals surface area (Å²) in [5.74, 6) is -2.62. The van der Waals surface area contributed by atoms with Gasteiger partial charge in [-0.2, -0.15) is 0 Å². The van der Waals surface area contributed by atoms with E-state index in [0.29, 0.717) is 25.3 Å². The quantitative estimate of drug-likeness (QED) is 0.312. The monoisotopic (exact) mass is 661 g/mol. The normalized spacial score (nSPS) is 29.0. The molecule has 2 fully saturated rings. The van der Waals surface area contributed by atoms with Crippen LogP contribution in [0.5, 0.6) is 5.75 Å². The predicted molar refractivity (Wildman–Crippen MR) is 180 cm³/mol. The van der Waals surface area contributed by atoms with Crippen LogP contribution < -0.4 is 10.1 Å². The van der Waals surface area contributed by atoms with Gasteiger partial charge in [-0.15, -0.1) is 0 Å². The highest BCUT2D eigenvalue weighted by Gasteiger charge is 2.71. The van der Waals surface area contributed by atoms with E-state index < -0.39 is 41.5 Å². The third-order valence-electron chi connectivity index (χ3n) is 9.88. The molecule has 0 saturated carbocycles. The van der Waals surface area contributed by atoms with Crippen molar-refractivity contribution in [1.29, 1.82) is 0 Å². The number of fused-ring (bicyclic) bond motifs is 2. The lowest BCUT2D eigenvalue weighted by atomic mass is 9.77. The van der Waals surface area contributed by atoms with Gasteiger partial charge in [-0.25, -0.2) is 0 Å². The summed E-state index contributed by atoms with van der Waals surface area (Å²) >= 11 is 0. The van der Waals surface area contributed by atoms with Crippen LogP contribution in [0.2, 0.25) is 0 Å². The van der Waals surface area contributed by atoms with Crippen LogP contribution >= 0.6 is 0 Å². The van der Waals surface area contributed by atoms with Crippen molar-refractivity contribution in [2.24, 2.45) is 11.8 Å². The highest BCUT2D eigenvalue weighted by molar-refractivity contribution is 5.99. The number of amides is 3. The second-order valence-corrected chi connectivity index (χ2v) is 12.9. The third-order valence-corrected chi connectivity index (χ3v) is 9.88. The van der Waals surface area contributed by atoms with Crippen molar-refractivity contribution < 1.29 is 33.4 Å². The van der Waals surface area contributed by atoms with Gasteiger partial charge in [0, 0.05) is 26.1 Å². The SMILES string of the molecule is COc1ccc(CN2C(=O)[C@H]3[C@@H]4C(=O)N[C@@H](c5ccccc5)COC(=O)CC/C=C/[C@@H]4O[C@]34C=CCN(Cc3ccccc3)C(=O)[C@H]24)cc1. The topological polar surface area (TPSA) is 114 Å². The third kappa shape index (κ3) is 6.24. The van der Waals surface area contributed by atoms with Crippen molar-refractivity contribution in [1.82, 2.24) is 15.1 Å². The summed E-state index contributed by atoms with van der Waals surface area (Å²) in [5.41, 5.74) is 1.13. The van der Waals surface area contributed by atoms with E-state index in [0.717, 1.165) is 16.7 Å². The second-order valence-electron chi connectivity index (χ2n) is 12.9. The van der Waals surface area contributed by atoms with Crippen molar-refractivity contribution in [3.8, 4) is 5.75 Å². The first-order valence-corrected chi connectivity index (χ1v) is 16.7. The number of nitrogens with zero attached hydrogens (tertiary/aromatic N) is 2. The van der Waals surface area contributed by atoms with Crippen LogP contribution in [0.25, 0.3) is 0 Å². The minimum absolute atomic E-state index is 0.0562. The maximum atomic E-state index is 14.8. The minimum atomic E-state index is -1.40. The lowest BCUT2D eigenvalue weighted by Gasteiger charge is -2.35. The smallest absolute Gasteiger partial charge is 0.306 e. The van der Waals surface area contributed by atoms with E-state index in [1.807, 2.05) is 97.1 Å². The molecule has 3 aromatic carbocycles. The first-order valence-electron chi connectivity index (χ1n) is 16.7. The minimum Gasteiger partial charge on any atom is -0.497 e. The standard InChI is InChI=1S/C39H39N3O7/c1-47-29-19-17-27(18-20-29)24-42-35-38(46)41(23-26-11-4-2-5-12-26)22-10-21-39(35)34(37(42)45)33-31(49-39)15-8-9-16-32(43)48-25-30(40-36(33)44)28-13-6-3-7-14-28/h2-8,10-15,17-21,30-31,33-35H,9,16,22-25H2,1H3,(H,40,44)/b15-8+/t30-,31+,33-,34-,35+,39-/m1/s1. The Balaban J connectivity index is 1.29. The molecule has 0 aromatic heterocycles. The first-order chi connectivity index (χ1) is 23.9. The molecule has 3 aromatic rings. The number of rotatable bonds is 6. The van der Waals surface area contributed by atoms with Crippen molar-refractivity contribution in [2.45, 2.75) is 49.7 Å². The maximum Gasteiger partial charge on any atom is 0.306 e. The van der Waals surface area contributed by atoms with Crippen molar-refractivity contribution in [3.63, 3.8) is 0 Å². The van der Waals surface area contributed by atoms with E-state index in [1.54, 1.807) is 29.1 Å². The van der Waals surface area contributed by atoms with Crippen LogP contribution in [0.3, 0.4) is 0 Å². The second kappa shape index (κ2) is 13.7. The summed E-state index contributed by atoms with van der Waals surface area (Å²) in [6.07, 6.45) is 6.98. The molecule has 6 atom stereocenters.